The number of piperidine rings is 1. The number of anilines is 2. The molecule has 0 spiro atoms. The summed E-state index contributed by atoms with van der Waals surface area (Å²) in [6, 6.07) is 2.94. The Morgan fingerprint density at radius 2 is 1.69 bits per heavy atom. The van der Waals surface area contributed by atoms with Crippen molar-refractivity contribution >= 4 is 17.7 Å². The van der Waals surface area contributed by atoms with E-state index in [1.807, 2.05) is 6.20 Å². The molecule has 1 aromatic rings. The summed E-state index contributed by atoms with van der Waals surface area (Å²) < 4.78 is 0. The quantitative estimate of drug-likeness (QED) is 0.756. The Hall–Kier alpha value is -1.89. The summed E-state index contributed by atoms with van der Waals surface area (Å²) in [5.74, 6) is 2.56. The van der Waals surface area contributed by atoms with Crippen molar-refractivity contribution < 1.29 is 4.79 Å². The lowest BCUT2D eigenvalue weighted by Crippen LogP contribution is -2.50. The van der Waals surface area contributed by atoms with Crippen molar-refractivity contribution in [3.05, 3.63) is 12.3 Å². The molecule has 4 aliphatic rings. The standard InChI is InChI=1S/C25H40N6O/c32-24(20-8-3-4-9-20)31-16-7-10-22(19-31)30-17-12-21(18-30)27-25-26-13-11-23(28-25)29-14-5-1-2-6-15-29/h11,13,20-22H,1-10,12,14-19H2,(H,26,27,28). The maximum absolute atomic E-state index is 12.9. The average molecular weight is 441 g/mol. The summed E-state index contributed by atoms with van der Waals surface area (Å²) in [7, 11) is 0. The van der Waals surface area contributed by atoms with Crippen LogP contribution in [0.1, 0.15) is 70.6 Å². The van der Waals surface area contributed by atoms with E-state index in [-0.39, 0.29) is 0 Å². The van der Waals surface area contributed by atoms with E-state index >= 15 is 0 Å². The van der Waals surface area contributed by atoms with Crippen molar-refractivity contribution in [2.24, 2.45) is 5.92 Å². The van der Waals surface area contributed by atoms with Gasteiger partial charge in [0.25, 0.3) is 0 Å². The van der Waals surface area contributed by atoms with Gasteiger partial charge in [-0.1, -0.05) is 25.7 Å². The minimum Gasteiger partial charge on any atom is -0.356 e. The van der Waals surface area contributed by atoms with Gasteiger partial charge >= 0.3 is 0 Å². The van der Waals surface area contributed by atoms with E-state index in [1.54, 1.807) is 0 Å². The zero-order valence-electron chi connectivity index (χ0n) is 19.6. The number of nitrogens with one attached hydrogen (secondary N) is 1. The van der Waals surface area contributed by atoms with Crippen LogP contribution < -0.4 is 10.2 Å². The minimum absolute atomic E-state index is 0.301. The lowest BCUT2D eigenvalue weighted by atomic mass is 10.0. The molecule has 0 radical (unpaired) electrons. The third kappa shape index (κ3) is 5.19. The van der Waals surface area contributed by atoms with E-state index in [0.717, 1.165) is 76.7 Å². The zero-order chi connectivity index (χ0) is 21.8. The Bertz CT molecular complexity index is 759. The van der Waals surface area contributed by atoms with Gasteiger partial charge in [-0.25, -0.2) is 4.98 Å². The lowest BCUT2D eigenvalue weighted by Gasteiger charge is -2.38. The van der Waals surface area contributed by atoms with Crippen LogP contribution in [-0.4, -0.2) is 77.0 Å². The summed E-state index contributed by atoms with van der Waals surface area (Å²) >= 11 is 0. The number of carbonyl (C=O) groups is 1. The molecule has 0 aromatic carbocycles. The van der Waals surface area contributed by atoms with Gasteiger partial charge in [0.2, 0.25) is 11.9 Å². The van der Waals surface area contributed by atoms with Crippen LogP contribution in [0.3, 0.4) is 0 Å². The molecule has 7 heteroatoms. The van der Waals surface area contributed by atoms with Crippen LogP contribution in [0.5, 0.6) is 0 Å². The fourth-order valence-electron chi connectivity index (χ4n) is 6.20. The molecular formula is C25H40N6O. The Kier molecular flexibility index (Phi) is 7.10. The van der Waals surface area contributed by atoms with E-state index < -0.39 is 0 Å². The maximum atomic E-state index is 12.9. The van der Waals surface area contributed by atoms with Crippen LogP contribution in [-0.2, 0) is 4.79 Å². The molecule has 2 atom stereocenters. The van der Waals surface area contributed by atoms with Crippen molar-refractivity contribution in [3.8, 4) is 0 Å². The minimum atomic E-state index is 0.301. The fraction of sp³-hybridized carbons (Fsp3) is 0.800. The first-order chi connectivity index (χ1) is 15.8. The van der Waals surface area contributed by atoms with E-state index in [9.17, 15) is 4.79 Å². The highest BCUT2D eigenvalue weighted by Gasteiger charge is 2.35. The zero-order valence-corrected chi connectivity index (χ0v) is 19.6. The lowest BCUT2D eigenvalue weighted by molar-refractivity contribution is -0.137. The predicted molar refractivity (Wildman–Crippen MR) is 128 cm³/mol. The molecule has 4 fully saturated rings. The van der Waals surface area contributed by atoms with Gasteiger partial charge in [0.1, 0.15) is 5.82 Å². The van der Waals surface area contributed by atoms with Gasteiger partial charge in [0.15, 0.2) is 0 Å². The number of carbonyl (C=O) groups excluding carboxylic acids is 1. The van der Waals surface area contributed by atoms with Crippen LogP contribution >= 0.6 is 0 Å². The molecule has 2 unspecified atom stereocenters. The molecule has 0 bridgehead atoms. The van der Waals surface area contributed by atoms with Crippen LogP contribution in [0, 0.1) is 5.92 Å². The Morgan fingerprint density at radius 1 is 0.875 bits per heavy atom. The van der Waals surface area contributed by atoms with Gasteiger partial charge in [-0.2, -0.15) is 4.98 Å². The highest BCUT2D eigenvalue weighted by molar-refractivity contribution is 5.79. The number of rotatable bonds is 5. The molecule has 5 rings (SSSR count). The number of nitrogens with zero attached hydrogens (tertiary/aromatic N) is 5. The smallest absolute Gasteiger partial charge is 0.225 e. The molecule has 7 nitrogen and oxygen atoms in total. The van der Waals surface area contributed by atoms with E-state index in [4.69, 9.17) is 4.98 Å². The highest BCUT2D eigenvalue weighted by Crippen LogP contribution is 2.29. The topological polar surface area (TPSA) is 64.6 Å². The normalized spacial score (nSPS) is 28.1. The molecule has 4 heterocycles. The van der Waals surface area contributed by atoms with E-state index in [2.05, 4.69) is 31.1 Å². The number of hydrogen-bond acceptors (Lipinski definition) is 6. The van der Waals surface area contributed by atoms with Crippen LogP contribution in [0.25, 0.3) is 0 Å². The second-order valence-electron chi connectivity index (χ2n) is 10.3. The Balaban J connectivity index is 1.14. The first-order valence-electron chi connectivity index (χ1n) is 13.1. The molecule has 176 valence electrons. The molecule has 1 aliphatic carbocycles. The molecule has 3 saturated heterocycles. The van der Waals surface area contributed by atoms with E-state index in [0.29, 0.717) is 23.9 Å². The number of amides is 1. The molecule has 32 heavy (non-hydrogen) atoms. The van der Waals surface area contributed by atoms with Crippen LogP contribution in [0.4, 0.5) is 11.8 Å². The van der Waals surface area contributed by atoms with Gasteiger partial charge in [-0.15, -0.1) is 0 Å². The van der Waals surface area contributed by atoms with Gasteiger partial charge in [0, 0.05) is 63.5 Å². The largest absolute Gasteiger partial charge is 0.356 e. The molecular weight excluding hydrogens is 400 g/mol. The molecule has 1 amide bonds. The third-order valence-electron chi connectivity index (χ3n) is 8.05. The first-order valence-corrected chi connectivity index (χ1v) is 13.1. The second-order valence-corrected chi connectivity index (χ2v) is 10.3. The first kappa shape index (κ1) is 21.9. The Morgan fingerprint density at radius 3 is 2.50 bits per heavy atom. The predicted octanol–water partition coefficient (Wildman–Crippen LogP) is 3.52. The summed E-state index contributed by atoms with van der Waals surface area (Å²) in [5.41, 5.74) is 0. The van der Waals surface area contributed by atoms with Gasteiger partial charge < -0.3 is 15.1 Å². The summed E-state index contributed by atoms with van der Waals surface area (Å²) in [4.78, 5) is 29.5. The van der Waals surface area contributed by atoms with Crippen molar-refractivity contribution in [3.63, 3.8) is 0 Å². The van der Waals surface area contributed by atoms with Crippen molar-refractivity contribution in [1.82, 2.24) is 19.8 Å². The number of hydrogen-bond donors (Lipinski definition) is 1. The SMILES string of the molecule is O=C(C1CCCC1)N1CCCC(N2CCC(Nc3nccc(N4CCCCCC4)n3)C2)C1. The molecule has 1 N–H and O–H groups in total. The molecule has 1 saturated carbocycles. The highest BCUT2D eigenvalue weighted by atomic mass is 16.2. The molecule has 1 aromatic heterocycles. The van der Waals surface area contributed by atoms with Gasteiger partial charge in [0.05, 0.1) is 0 Å². The van der Waals surface area contributed by atoms with Crippen molar-refractivity contribution in [2.45, 2.75) is 82.7 Å². The summed E-state index contributed by atoms with van der Waals surface area (Å²) in [5, 5.41) is 3.61. The Labute approximate surface area is 193 Å². The van der Waals surface area contributed by atoms with Crippen molar-refractivity contribution in [1.29, 1.82) is 0 Å². The number of aromatic nitrogens is 2. The fourth-order valence-corrected chi connectivity index (χ4v) is 6.20. The number of likely N-dealkylation sites (tertiary alicyclic amines) is 2. The second kappa shape index (κ2) is 10.4. The molecule has 3 aliphatic heterocycles. The van der Waals surface area contributed by atoms with Crippen LogP contribution in [0.2, 0.25) is 0 Å². The van der Waals surface area contributed by atoms with Crippen molar-refractivity contribution in [2.75, 3.05) is 49.5 Å². The van der Waals surface area contributed by atoms with Crippen LogP contribution in [0.15, 0.2) is 12.3 Å². The van der Waals surface area contributed by atoms with Gasteiger partial charge in [-0.3, -0.25) is 9.69 Å². The van der Waals surface area contributed by atoms with Gasteiger partial charge in [-0.05, 0) is 51.0 Å². The monoisotopic (exact) mass is 440 g/mol. The maximum Gasteiger partial charge on any atom is 0.225 e. The summed E-state index contributed by atoms with van der Waals surface area (Å²) in [6.07, 6.45) is 15.2. The average Bonchev–Trinajstić information content (AvgIpc) is 3.46. The third-order valence-corrected chi connectivity index (χ3v) is 8.05. The van der Waals surface area contributed by atoms with E-state index in [1.165, 1.54) is 44.9 Å². The summed E-state index contributed by atoms with van der Waals surface area (Å²) in [6.45, 7) is 6.20.